The molecule has 2 heterocycles. The number of rotatable bonds is 5. The summed E-state index contributed by atoms with van der Waals surface area (Å²) in [4.78, 5) is 34.5. The first kappa shape index (κ1) is 18.9. The van der Waals surface area contributed by atoms with Gasteiger partial charge in [0, 0.05) is 26.2 Å². The zero-order valence-electron chi connectivity index (χ0n) is 15.0. The lowest BCUT2D eigenvalue weighted by molar-refractivity contribution is 0.00579. The molecule has 0 saturated carbocycles. The molecule has 0 unspecified atom stereocenters. The van der Waals surface area contributed by atoms with Crippen molar-refractivity contribution in [2.75, 3.05) is 37.7 Å². The van der Waals surface area contributed by atoms with Gasteiger partial charge in [0.1, 0.15) is 5.60 Å². The van der Waals surface area contributed by atoms with E-state index in [1.165, 1.54) is 0 Å². The number of ether oxygens (including phenoxy) is 2. The van der Waals surface area contributed by atoms with E-state index < -0.39 is 17.5 Å². The molecule has 0 aliphatic carbocycles. The number of carbonyl (C=O) groups excluding carboxylic acids is 1. The van der Waals surface area contributed by atoms with E-state index in [1.54, 1.807) is 27.7 Å². The number of nitrogens with one attached hydrogen (secondary N) is 1. The Hall–Kier alpha value is -2.42. The molecule has 1 aromatic rings. The lowest BCUT2D eigenvalue weighted by atomic mass is 10.1. The Balaban J connectivity index is 2.53. The number of aromatic nitrogens is 2. The molecule has 1 saturated heterocycles. The van der Waals surface area contributed by atoms with Crippen molar-refractivity contribution < 1.29 is 24.2 Å². The molecule has 1 aromatic heterocycles. The van der Waals surface area contributed by atoms with E-state index in [0.717, 1.165) is 13.1 Å². The standard InChI is InChI=1S/C16H24N4O5/c1-5-24-12-10(13(21)22)11(14(23)25-16(2,3)4)18-15(19-12)20-8-6-17-7-9-20/h17H,5-9H2,1-4H3,(H,21,22). The van der Waals surface area contributed by atoms with Gasteiger partial charge in [-0.1, -0.05) is 0 Å². The third kappa shape index (κ3) is 4.79. The molecule has 1 aliphatic rings. The van der Waals surface area contributed by atoms with Crippen LogP contribution in [0.3, 0.4) is 0 Å². The first-order valence-electron chi connectivity index (χ1n) is 8.20. The number of hydrogen-bond acceptors (Lipinski definition) is 8. The Bertz CT molecular complexity index is 651. The molecule has 0 spiro atoms. The molecule has 0 bridgehead atoms. The molecule has 0 amide bonds. The van der Waals surface area contributed by atoms with Crippen LogP contribution >= 0.6 is 0 Å². The van der Waals surface area contributed by atoms with Crippen molar-refractivity contribution in [2.24, 2.45) is 0 Å². The van der Waals surface area contributed by atoms with Crippen LogP contribution in [0, 0.1) is 0 Å². The first-order valence-corrected chi connectivity index (χ1v) is 8.20. The largest absolute Gasteiger partial charge is 0.477 e. The molecule has 9 heteroatoms. The predicted octanol–water partition coefficient (Wildman–Crippen LogP) is 0.938. The van der Waals surface area contributed by atoms with Crippen molar-refractivity contribution in [2.45, 2.75) is 33.3 Å². The Morgan fingerprint density at radius 3 is 2.40 bits per heavy atom. The predicted molar refractivity (Wildman–Crippen MR) is 90.4 cm³/mol. The summed E-state index contributed by atoms with van der Waals surface area (Å²) in [5.74, 6) is -2.02. The highest BCUT2D eigenvalue weighted by molar-refractivity contribution is 6.03. The van der Waals surface area contributed by atoms with E-state index in [9.17, 15) is 14.7 Å². The van der Waals surface area contributed by atoms with Gasteiger partial charge in [-0.15, -0.1) is 0 Å². The van der Waals surface area contributed by atoms with Crippen LogP contribution in [-0.4, -0.2) is 65.4 Å². The van der Waals surface area contributed by atoms with Gasteiger partial charge < -0.3 is 24.8 Å². The number of nitrogens with zero attached hydrogens (tertiary/aromatic N) is 3. The van der Waals surface area contributed by atoms with Crippen LogP contribution < -0.4 is 15.0 Å². The molecule has 2 rings (SSSR count). The van der Waals surface area contributed by atoms with Gasteiger partial charge in [0.05, 0.1) is 6.61 Å². The molecule has 0 radical (unpaired) electrons. The average molecular weight is 352 g/mol. The van der Waals surface area contributed by atoms with E-state index in [2.05, 4.69) is 15.3 Å². The minimum Gasteiger partial charge on any atom is -0.477 e. The Labute approximate surface area is 146 Å². The SMILES string of the molecule is CCOc1nc(N2CCNCC2)nc(C(=O)OC(C)(C)C)c1C(=O)O. The normalized spacial score (nSPS) is 15.0. The van der Waals surface area contributed by atoms with Gasteiger partial charge in [0.15, 0.2) is 11.3 Å². The highest BCUT2D eigenvalue weighted by atomic mass is 16.6. The summed E-state index contributed by atoms with van der Waals surface area (Å²) in [6.07, 6.45) is 0. The number of hydrogen-bond donors (Lipinski definition) is 2. The van der Waals surface area contributed by atoms with E-state index in [4.69, 9.17) is 9.47 Å². The Morgan fingerprint density at radius 1 is 1.24 bits per heavy atom. The van der Waals surface area contributed by atoms with Gasteiger partial charge in [-0.05, 0) is 27.7 Å². The van der Waals surface area contributed by atoms with Crippen molar-refractivity contribution in [1.82, 2.24) is 15.3 Å². The summed E-state index contributed by atoms with van der Waals surface area (Å²) in [6.45, 7) is 9.81. The van der Waals surface area contributed by atoms with Gasteiger partial charge in [0.25, 0.3) is 0 Å². The van der Waals surface area contributed by atoms with Crippen molar-refractivity contribution in [3.05, 3.63) is 11.3 Å². The van der Waals surface area contributed by atoms with Crippen LogP contribution in [-0.2, 0) is 4.74 Å². The number of piperazine rings is 1. The van der Waals surface area contributed by atoms with Crippen LogP contribution in [0.15, 0.2) is 0 Å². The third-order valence-corrected chi connectivity index (χ3v) is 3.35. The maximum Gasteiger partial charge on any atom is 0.358 e. The molecule has 1 fully saturated rings. The average Bonchev–Trinajstić information content (AvgIpc) is 2.53. The maximum absolute atomic E-state index is 12.5. The smallest absolute Gasteiger partial charge is 0.358 e. The Morgan fingerprint density at radius 2 is 1.88 bits per heavy atom. The fourth-order valence-corrected chi connectivity index (χ4v) is 2.34. The highest BCUT2D eigenvalue weighted by Gasteiger charge is 2.31. The zero-order valence-corrected chi connectivity index (χ0v) is 15.0. The van der Waals surface area contributed by atoms with E-state index in [0.29, 0.717) is 13.1 Å². The second kappa shape index (κ2) is 7.64. The Kier molecular flexibility index (Phi) is 5.78. The number of carbonyl (C=O) groups is 2. The summed E-state index contributed by atoms with van der Waals surface area (Å²) >= 11 is 0. The fraction of sp³-hybridized carbons (Fsp3) is 0.625. The van der Waals surface area contributed by atoms with Gasteiger partial charge in [-0.2, -0.15) is 4.98 Å². The summed E-state index contributed by atoms with van der Waals surface area (Å²) in [5.41, 5.74) is -1.46. The van der Waals surface area contributed by atoms with Gasteiger partial charge >= 0.3 is 11.9 Å². The summed E-state index contributed by atoms with van der Waals surface area (Å²) in [6, 6.07) is 0. The van der Waals surface area contributed by atoms with Crippen molar-refractivity contribution in [1.29, 1.82) is 0 Å². The second-order valence-corrected chi connectivity index (χ2v) is 6.53. The van der Waals surface area contributed by atoms with Gasteiger partial charge in [-0.25, -0.2) is 14.6 Å². The van der Waals surface area contributed by atoms with Crippen LogP contribution in [0.5, 0.6) is 5.88 Å². The minimum absolute atomic E-state index is 0.126. The van der Waals surface area contributed by atoms with Crippen LogP contribution in [0.2, 0.25) is 0 Å². The second-order valence-electron chi connectivity index (χ2n) is 6.53. The van der Waals surface area contributed by atoms with Crippen molar-refractivity contribution in [3.8, 4) is 5.88 Å². The maximum atomic E-state index is 12.5. The molecule has 9 nitrogen and oxygen atoms in total. The van der Waals surface area contributed by atoms with Gasteiger partial charge in [0.2, 0.25) is 11.8 Å². The summed E-state index contributed by atoms with van der Waals surface area (Å²) < 4.78 is 10.7. The molecule has 0 aromatic carbocycles. The first-order chi connectivity index (χ1) is 11.7. The highest BCUT2D eigenvalue weighted by Crippen LogP contribution is 2.25. The number of carboxylic acid groups (broad SMARTS) is 1. The van der Waals surface area contributed by atoms with Crippen LogP contribution in [0.25, 0.3) is 0 Å². The topological polar surface area (TPSA) is 114 Å². The molecule has 1 aliphatic heterocycles. The van der Waals surface area contributed by atoms with Crippen LogP contribution in [0.4, 0.5) is 5.95 Å². The third-order valence-electron chi connectivity index (χ3n) is 3.35. The van der Waals surface area contributed by atoms with E-state index >= 15 is 0 Å². The molecule has 25 heavy (non-hydrogen) atoms. The number of esters is 1. The monoisotopic (exact) mass is 352 g/mol. The molecular formula is C16H24N4O5. The van der Waals surface area contributed by atoms with Crippen molar-refractivity contribution >= 4 is 17.9 Å². The van der Waals surface area contributed by atoms with E-state index in [1.807, 2.05) is 4.90 Å². The fourth-order valence-electron chi connectivity index (χ4n) is 2.34. The van der Waals surface area contributed by atoms with Gasteiger partial charge in [-0.3, -0.25) is 0 Å². The minimum atomic E-state index is -1.34. The molecule has 2 N–H and O–H groups in total. The number of anilines is 1. The molecule has 0 atom stereocenters. The molecular weight excluding hydrogens is 328 g/mol. The van der Waals surface area contributed by atoms with Crippen LogP contribution in [0.1, 0.15) is 48.5 Å². The lowest BCUT2D eigenvalue weighted by Gasteiger charge is -2.28. The zero-order chi connectivity index (χ0) is 18.6. The van der Waals surface area contributed by atoms with Crippen molar-refractivity contribution in [3.63, 3.8) is 0 Å². The quantitative estimate of drug-likeness (QED) is 0.747. The number of aromatic carboxylic acids is 1. The summed E-state index contributed by atoms with van der Waals surface area (Å²) in [7, 11) is 0. The van der Waals surface area contributed by atoms with E-state index in [-0.39, 0.29) is 29.7 Å². The molecule has 138 valence electrons. The number of carboxylic acids is 1. The summed E-state index contributed by atoms with van der Waals surface area (Å²) in [5, 5.41) is 12.7. The lowest BCUT2D eigenvalue weighted by Crippen LogP contribution is -2.44.